The fourth-order valence-corrected chi connectivity index (χ4v) is 1.49. The van der Waals surface area contributed by atoms with E-state index in [2.05, 4.69) is 5.32 Å². The van der Waals surface area contributed by atoms with Gasteiger partial charge in [-0.05, 0) is 24.1 Å². The lowest BCUT2D eigenvalue weighted by molar-refractivity contribution is -0.138. The Morgan fingerprint density at radius 2 is 1.83 bits per heavy atom. The number of hydrogen-bond acceptors (Lipinski definition) is 3. The number of carbonyl (C=O) groups is 2. The summed E-state index contributed by atoms with van der Waals surface area (Å²) in [6.45, 7) is 3.40. The van der Waals surface area contributed by atoms with Gasteiger partial charge in [0.1, 0.15) is 11.9 Å². The molecule has 0 aliphatic carbocycles. The van der Waals surface area contributed by atoms with Gasteiger partial charge in [-0.15, -0.1) is 0 Å². The highest BCUT2D eigenvalue weighted by Gasteiger charge is 2.21. The number of aromatic carboxylic acids is 1. The van der Waals surface area contributed by atoms with Gasteiger partial charge in [-0.3, -0.25) is 0 Å². The first kappa shape index (κ1) is 14.0. The molecule has 1 rings (SSSR count). The minimum absolute atomic E-state index is 0.133. The maximum absolute atomic E-state index is 13.2. The van der Waals surface area contributed by atoms with Gasteiger partial charge in [0.2, 0.25) is 0 Å². The molecule has 6 heteroatoms. The van der Waals surface area contributed by atoms with E-state index in [1.54, 1.807) is 13.8 Å². The van der Waals surface area contributed by atoms with E-state index in [-0.39, 0.29) is 17.2 Å². The third kappa shape index (κ3) is 3.44. The molecule has 5 nitrogen and oxygen atoms in total. The predicted molar refractivity (Wildman–Crippen MR) is 63.2 cm³/mol. The Morgan fingerprint density at radius 1 is 1.22 bits per heavy atom. The molecule has 0 saturated carbocycles. The Balaban J connectivity index is 3.03. The van der Waals surface area contributed by atoms with E-state index in [9.17, 15) is 14.0 Å². The lowest BCUT2D eigenvalue weighted by Gasteiger charge is -2.19. The van der Waals surface area contributed by atoms with Crippen molar-refractivity contribution in [3.63, 3.8) is 0 Å². The number of aliphatic carboxylic acids is 1. The summed E-state index contributed by atoms with van der Waals surface area (Å²) < 4.78 is 13.2. The van der Waals surface area contributed by atoms with Crippen LogP contribution in [0.2, 0.25) is 0 Å². The van der Waals surface area contributed by atoms with Crippen LogP contribution in [0.3, 0.4) is 0 Å². The standard InChI is InChI=1S/C12H14FNO4/c1-6(2)10(12(17)18)14-9-4-7(11(15)16)3-8(13)5-9/h3-6,10,14H,1-2H3,(H,15,16)(H,17,18). The molecule has 98 valence electrons. The van der Waals surface area contributed by atoms with Gasteiger partial charge in [0.15, 0.2) is 0 Å². The van der Waals surface area contributed by atoms with Crippen LogP contribution >= 0.6 is 0 Å². The summed E-state index contributed by atoms with van der Waals surface area (Å²) in [6.07, 6.45) is 0. The number of rotatable bonds is 5. The molecule has 1 aromatic carbocycles. The van der Waals surface area contributed by atoms with Crippen LogP contribution in [-0.2, 0) is 4.79 Å². The Labute approximate surface area is 103 Å². The molecule has 0 spiro atoms. The van der Waals surface area contributed by atoms with E-state index in [0.717, 1.165) is 12.1 Å². The van der Waals surface area contributed by atoms with Gasteiger partial charge in [0.05, 0.1) is 5.56 Å². The molecule has 0 aliphatic heterocycles. The van der Waals surface area contributed by atoms with Crippen molar-refractivity contribution in [2.45, 2.75) is 19.9 Å². The Kier molecular flexibility index (Phi) is 4.25. The van der Waals surface area contributed by atoms with Gasteiger partial charge in [-0.2, -0.15) is 0 Å². The number of anilines is 1. The highest BCUT2D eigenvalue weighted by Crippen LogP contribution is 2.17. The Morgan fingerprint density at radius 3 is 2.28 bits per heavy atom. The van der Waals surface area contributed by atoms with Gasteiger partial charge >= 0.3 is 11.9 Å². The van der Waals surface area contributed by atoms with Crippen molar-refractivity contribution in [3.8, 4) is 0 Å². The number of carboxylic acids is 2. The molecule has 1 atom stereocenters. The lowest BCUT2D eigenvalue weighted by Crippen LogP contribution is -2.34. The second-order valence-corrected chi connectivity index (χ2v) is 4.24. The van der Waals surface area contributed by atoms with E-state index in [4.69, 9.17) is 10.2 Å². The second kappa shape index (κ2) is 5.48. The van der Waals surface area contributed by atoms with Crippen LogP contribution in [0.25, 0.3) is 0 Å². The van der Waals surface area contributed by atoms with Crippen molar-refractivity contribution in [1.82, 2.24) is 0 Å². The lowest BCUT2D eigenvalue weighted by atomic mass is 10.0. The average molecular weight is 255 g/mol. The van der Waals surface area contributed by atoms with Gasteiger partial charge in [0.25, 0.3) is 0 Å². The van der Waals surface area contributed by atoms with Crippen LogP contribution < -0.4 is 5.32 Å². The number of carboxylic acid groups (broad SMARTS) is 2. The molecule has 0 saturated heterocycles. The summed E-state index contributed by atoms with van der Waals surface area (Å²) in [5, 5.41) is 20.4. The largest absolute Gasteiger partial charge is 0.480 e. The Bertz CT molecular complexity index is 473. The smallest absolute Gasteiger partial charge is 0.335 e. The van der Waals surface area contributed by atoms with Crippen LogP contribution in [0, 0.1) is 11.7 Å². The monoisotopic (exact) mass is 255 g/mol. The zero-order chi connectivity index (χ0) is 13.9. The van der Waals surface area contributed by atoms with E-state index >= 15 is 0 Å². The minimum Gasteiger partial charge on any atom is -0.480 e. The molecule has 0 aromatic heterocycles. The zero-order valence-electron chi connectivity index (χ0n) is 9.98. The van der Waals surface area contributed by atoms with E-state index < -0.39 is 23.8 Å². The van der Waals surface area contributed by atoms with Crippen molar-refractivity contribution in [3.05, 3.63) is 29.6 Å². The van der Waals surface area contributed by atoms with Crippen molar-refractivity contribution in [2.75, 3.05) is 5.32 Å². The maximum atomic E-state index is 13.2. The molecular formula is C12H14FNO4. The van der Waals surface area contributed by atoms with Crippen LogP contribution in [0.1, 0.15) is 24.2 Å². The number of hydrogen-bond donors (Lipinski definition) is 3. The first-order valence-corrected chi connectivity index (χ1v) is 5.34. The molecule has 0 bridgehead atoms. The molecule has 1 unspecified atom stereocenters. The maximum Gasteiger partial charge on any atom is 0.335 e. The predicted octanol–water partition coefficient (Wildman–Crippen LogP) is 2.04. The third-order valence-electron chi connectivity index (χ3n) is 2.40. The fourth-order valence-electron chi connectivity index (χ4n) is 1.49. The summed E-state index contributed by atoms with van der Waals surface area (Å²) in [4.78, 5) is 21.7. The molecular weight excluding hydrogens is 241 g/mol. The summed E-state index contributed by atoms with van der Waals surface area (Å²) in [6, 6.07) is 2.22. The average Bonchev–Trinajstić information content (AvgIpc) is 2.24. The fraction of sp³-hybridized carbons (Fsp3) is 0.333. The molecule has 1 aromatic rings. The van der Waals surface area contributed by atoms with Crippen molar-refractivity contribution in [2.24, 2.45) is 5.92 Å². The van der Waals surface area contributed by atoms with Crippen molar-refractivity contribution >= 4 is 17.6 Å². The van der Waals surface area contributed by atoms with Crippen LogP contribution in [0.15, 0.2) is 18.2 Å². The number of nitrogens with one attached hydrogen (secondary N) is 1. The Hall–Kier alpha value is -2.11. The highest BCUT2D eigenvalue weighted by molar-refractivity contribution is 5.89. The summed E-state index contributed by atoms with van der Waals surface area (Å²) >= 11 is 0. The summed E-state index contributed by atoms with van der Waals surface area (Å²) in [7, 11) is 0. The van der Waals surface area contributed by atoms with Crippen molar-refractivity contribution in [1.29, 1.82) is 0 Å². The van der Waals surface area contributed by atoms with Crippen LogP contribution in [-0.4, -0.2) is 28.2 Å². The first-order chi connectivity index (χ1) is 8.31. The molecule has 0 amide bonds. The van der Waals surface area contributed by atoms with Gasteiger partial charge in [-0.1, -0.05) is 13.8 Å². The van der Waals surface area contributed by atoms with Crippen LogP contribution in [0.5, 0.6) is 0 Å². The van der Waals surface area contributed by atoms with Crippen molar-refractivity contribution < 1.29 is 24.2 Å². The third-order valence-corrected chi connectivity index (χ3v) is 2.40. The highest BCUT2D eigenvalue weighted by atomic mass is 19.1. The molecule has 18 heavy (non-hydrogen) atoms. The van der Waals surface area contributed by atoms with E-state index in [1.165, 1.54) is 6.07 Å². The minimum atomic E-state index is -1.27. The summed E-state index contributed by atoms with van der Waals surface area (Å²) in [5.41, 5.74) is -0.0982. The van der Waals surface area contributed by atoms with E-state index in [1.807, 2.05) is 0 Å². The molecule has 0 fully saturated rings. The summed E-state index contributed by atoms with van der Waals surface area (Å²) in [5.74, 6) is -3.30. The normalized spacial score (nSPS) is 12.2. The van der Waals surface area contributed by atoms with Gasteiger partial charge in [0, 0.05) is 5.69 Å². The quantitative estimate of drug-likeness (QED) is 0.749. The molecule has 3 N–H and O–H groups in total. The molecule has 0 radical (unpaired) electrons. The number of benzene rings is 1. The van der Waals surface area contributed by atoms with Crippen LogP contribution in [0.4, 0.5) is 10.1 Å². The van der Waals surface area contributed by atoms with E-state index in [0.29, 0.717) is 0 Å². The second-order valence-electron chi connectivity index (χ2n) is 4.24. The number of halogens is 1. The van der Waals surface area contributed by atoms with Gasteiger partial charge in [-0.25, -0.2) is 14.0 Å². The zero-order valence-corrected chi connectivity index (χ0v) is 9.98. The SMILES string of the molecule is CC(C)C(Nc1cc(F)cc(C(=O)O)c1)C(=O)O. The molecule has 0 heterocycles. The molecule has 0 aliphatic rings. The topological polar surface area (TPSA) is 86.6 Å². The van der Waals surface area contributed by atoms with Gasteiger partial charge < -0.3 is 15.5 Å². The first-order valence-electron chi connectivity index (χ1n) is 5.34.